The molecule has 2 heterocycles. The van der Waals surface area contributed by atoms with Crippen LogP contribution < -0.4 is 5.73 Å². The van der Waals surface area contributed by atoms with Crippen LogP contribution in [0.3, 0.4) is 0 Å². The first-order valence-corrected chi connectivity index (χ1v) is 13.9. The summed E-state index contributed by atoms with van der Waals surface area (Å²) in [6.07, 6.45) is 5.18. The van der Waals surface area contributed by atoms with E-state index in [1.165, 1.54) is 23.5 Å². The Morgan fingerprint density at radius 2 is 2.03 bits per heavy atom. The molecule has 36 heavy (non-hydrogen) atoms. The summed E-state index contributed by atoms with van der Waals surface area (Å²) in [7, 11) is 0. The van der Waals surface area contributed by atoms with Crippen LogP contribution >= 0.6 is 35.1 Å². The first-order chi connectivity index (χ1) is 17.5. The molecule has 1 aromatic heterocycles. The van der Waals surface area contributed by atoms with Crippen LogP contribution in [0.25, 0.3) is 0 Å². The van der Waals surface area contributed by atoms with Gasteiger partial charge in [-0.05, 0) is 55.9 Å². The average Bonchev–Trinajstić information content (AvgIpc) is 3.11. The third-order valence-corrected chi connectivity index (χ3v) is 8.78. The standard InChI is InChI=1S/C27H25ClN4O2S2/c1-2-34-27(33)24-22(36-25(31)19(14-30)23(24)18-9-6-7-10-20(18)28)15-35-26-17(13-29)12-16-8-4-3-5-11-21(16)32-26/h6-7,9-10,12,23H,2-5,8,11,15,31H2,1H3. The molecule has 184 valence electrons. The summed E-state index contributed by atoms with van der Waals surface area (Å²) in [5.41, 5.74) is 10.3. The first kappa shape index (κ1) is 26.2. The molecule has 0 amide bonds. The van der Waals surface area contributed by atoms with Crippen LogP contribution in [0.4, 0.5) is 0 Å². The van der Waals surface area contributed by atoms with Crippen LogP contribution in [0.1, 0.15) is 54.5 Å². The fraction of sp³-hybridized carbons (Fsp3) is 0.333. The number of hydrogen-bond donors (Lipinski definition) is 1. The Morgan fingerprint density at radius 3 is 2.75 bits per heavy atom. The van der Waals surface area contributed by atoms with Crippen LogP contribution in [-0.4, -0.2) is 23.3 Å². The Kier molecular flexibility index (Phi) is 8.64. The molecule has 6 nitrogen and oxygen atoms in total. The SMILES string of the molecule is CCOC(=O)C1=C(CSc2nc3c(cc2C#N)CCCCC3)SC(N)=C(C#N)C1c1ccccc1Cl. The lowest BCUT2D eigenvalue weighted by molar-refractivity contribution is -0.138. The van der Waals surface area contributed by atoms with Gasteiger partial charge in [-0.25, -0.2) is 9.78 Å². The van der Waals surface area contributed by atoms with Crippen molar-refractivity contribution in [1.29, 1.82) is 10.5 Å². The number of allylic oxidation sites excluding steroid dienone is 1. The Hall–Kier alpha value is -2.91. The topological polar surface area (TPSA) is 113 Å². The summed E-state index contributed by atoms with van der Waals surface area (Å²) in [5, 5.41) is 21.1. The second-order valence-corrected chi connectivity index (χ2v) is 10.9. The number of nitriles is 2. The fourth-order valence-corrected chi connectivity index (χ4v) is 6.86. The van der Waals surface area contributed by atoms with Crippen LogP contribution in [0.2, 0.25) is 5.02 Å². The fourth-order valence-electron chi connectivity index (χ4n) is 4.49. The summed E-state index contributed by atoms with van der Waals surface area (Å²) in [6, 6.07) is 13.5. The van der Waals surface area contributed by atoms with E-state index in [1.54, 1.807) is 25.1 Å². The minimum absolute atomic E-state index is 0.189. The highest BCUT2D eigenvalue weighted by Gasteiger charge is 2.37. The third-order valence-electron chi connectivity index (χ3n) is 6.18. The highest BCUT2D eigenvalue weighted by molar-refractivity contribution is 8.08. The predicted molar refractivity (Wildman–Crippen MR) is 143 cm³/mol. The summed E-state index contributed by atoms with van der Waals surface area (Å²) >= 11 is 9.09. The number of halogens is 1. The van der Waals surface area contributed by atoms with E-state index >= 15 is 0 Å². The van der Waals surface area contributed by atoms with E-state index in [0.29, 0.717) is 42.4 Å². The number of carbonyl (C=O) groups is 1. The number of benzene rings is 1. The van der Waals surface area contributed by atoms with E-state index in [2.05, 4.69) is 12.1 Å². The molecule has 0 fully saturated rings. The van der Waals surface area contributed by atoms with Crippen molar-refractivity contribution in [2.24, 2.45) is 5.73 Å². The zero-order valence-corrected chi connectivity index (χ0v) is 22.2. The molecule has 2 N–H and O–H groups in total. The van der Waals surface area contributed by atoms with E-state index in [-0.39, 0.29) is 12.2 Å². The highest BCUT2D eigenvalue weighted by Crippen LogP contribution is 2.48. The molecule has 2 aromatic rings. The van der Waals surface area contributed by atoms with Crippen molar-refractivity contribution in [3.05, 3.63) is 78.8 Å². The number of thioether (sulfide) groups is 2. The number of aromatic nitrogens is 1. The van der Waals surface area contributed by atoms with Gasteiger partial charge in [-0.3, -0.25) is 0 Å². The van der Waals surface area contributed by atoms with Crippen molar-refractivity contribution in [2.75, 3.05) is 12.4 Å². The van der Waals surface area contributed by atoms with Crippen LogP contribution in [0.5, 0.6) is 0 Å². The maximum absolute atomic E-state index is 13.2. The number of ether oxygens (including phenoxy) is 1. The molecule has 9 heteroatoms. The normalized spacial score (nSPS) is 17.6. The molecule has 0 saturated heterocycles. The number of carbonyl (C=O) groups excluding carboxylic acids is 1. The number of fused-ring (bicyclic) bond motifs is 1. The van der Waals surface area contributed by atoms with Gasteiger partial charge in [0.1, 0.15) is 11.1 Å². The minimum Gasteiger partial charge on any atom is -0.463 e. The molecular formula is C27H25ClN4O2S2. The summed E-state index contributed by atoms with van der Waals surface area (Å²) in [5.74, 6) is -0.907. The number of pyridine rings is 1. The lowest BCUT2D eigenvalue weighted by Gasteiger charge is -2.28. The molecule has 1 unspecified atom stereocenters. The molecule has 1 aliphatic heterocycles. The molecule has 0 spiro atoms. The number of esters is 1. The van der Waals surface area contributed by atoms with Gasteiger partial charge in [0.05, 0.1) is 40.3 Å². The molecule has 4 rings (SSSR count). The smallest absolute Gasteiger partial charge is 0.335 e. The van der Waals surface area contributed by atoms with E-state index in [1.807, 2.05) is 12.1 Å². The highest BCUT2D eigenvalue weighted by atomic mass is 35.5. The van der Waals surface area contributed by atoms with Crippen LogP contribution in [-0.2, 0) is 22.4 Å². The first-order valence-electron chi connectivity index (χ1n) is 11.8. The van der Waals surface area contributed by atoms with Gasteiger partial charge < -0.3 is 10.5 Å². The van der Waals surface area contributed by atoms with Gasteiger partial charge in [-0.2, -0.15) is 10.5 Å². The van der Waals surface area contributed by atoms with Crippen molar-refractivity contribution < 1.29 is 9.53 Å². The van der Waals surface area contributed by atoms with Gasteiger partial charge >= 0.3 is 5.97 Å². The van der Waals surface area contributed by atoms with E-state index < -0.39 is 11.9 Å². The predicted octanol–water partition coefficient (Wildman–Crippen LogP) is 6.01. The average molecular weight is 537 g/mol. The number of aryl methyl sites for hydroxylation is 2. The van der Waals surface area contributed by atoms with E-state index in [0.717, 1.165) is 43.4 Å². The van der Waals surface area contributed by atoms with Crippen molar-refractivity contribution in [3.63, 3.8) is 0 Å². The van der Waals surface area contributed by atoms with Gasteiger partial charge in [-0.15, -0.1) is 0 Å². The maximum atomic E-state index is 13.2. The molecule has 1 atom stereocenters. The van der Waals surface area contributed by atoms with Crippen LogP contribution in [0, 0.1) is 22.7 Å². The van der Waals surface area contributed by atoms with Gasteiger partial charge in [0.15, 0.2) is 0 Å². The van der Waals surface area contributed by atoms with Gasteiger partial charge in [0.2, 0.25) is 0 Å². The Labute approximate surface area is 224 Å². The van der Waals surface area contributed by atoms with Crippen molar-refractivity contribution in [1.82, 2.24) is 4.98 Å². The lowest BCUT2D eigenvalue weighted by Crippen LogP contribution is -2.23. The molecule has 2 aliphatic rings. The summed E-state index contributed by atoms with van der Waals surface area (Å²) < 4.78 is 5.41. The Morgan fingerprint density at radius 1 is 1.25 bits per heavy atom. The van der Waals surface area contributed by atoms with E-state index in [4.69, 9.17) is 27.1 Å². The number of nitrogens with zero attached hydrogens (tertiary/aromatic N) is 3. The van der Waals surface area contributed by atoms with Crippen molar-refractivity contribution >= 4 is 41.1 Å². The summed E-state index contributed by atoms with van der Waals surface area (Å²) in [4.78, 5) is 18.8. The Balaban J connectivity index is 1.77. The zero-order valence-electron chi connectivity index (χ0n) is 19.8. The van der Waals surface area contributed by atoms with E-state index in [9.17, 15) is 15.3 Å². The molecule has 1 aromatic carbocycles. The second kappa shape index (κ2) is 11.9. The Bertz CT molecular complexity index is 1340. The number of hydrogen-bond acceptors (Lipinski definition) is 8. The quantitative estimate of drug-likeness (QED) is 0.271. The molecule has 0 bridgehead atoms. The number of rotatable bonds is 6. The van der Waals surface area contributed by atoms with Crippen molar-refractivity contribution in [2.45, 2.75) is 50.0 Å². The molecule has 1 aliphatic carbocycles. The monoisotopic (exact) mass is 536 g/mol. The molecular weight excluding hydrogens is 512 g/mol. The maximum Gasteiger partial charge on any atom is 0.335 e. The molecule has 0 radical (unpaired) electrons. The second-order valence-electron chi connectivity index (χ2n) is 8.41. The number of nitrogens with two attached hydrogens (primary N) is 1. The third kappa shape index (κ3) is 5.42. The lowest BCUT2D eigenvalue weighted by atomic mass is 9.84. The van der Waals surface area contributed by atoms with Gasteiger partial charge in [0.25, 0.3) is 0 Å². The minimum atomic E-state index is -0.741. The van der Waals surface area contributed by atoms with Crippen molar-refractivity contribution in [3.8, 4) is 12.1 Å². The van der Waals surface area contributed by atoms with Crippen LogP contribution in [0.15, 0.2) is 56.4 Å². The van der Waals surface area contributed by atoms with Gasteiger partial charge in [-0.1, -0.05) is 59.7 Å². The summed E-state index contributed by atoms with van der Waals surface area (Å²) in [6.45, 7) is 1.93. The molecule has 0 saturated carbocycles. The van der Waals surface area contributed by atoms with Gasteiger partial charge in [0, 0.05) is 21.4 Å². The zero-order chi connectivity index (χ0) is 25.7. The largest absolute Gasteiger partial charge is 0.463 e.